The molecular weight excluding hydrogens is 475 g/mol. The Bertz CT molecular complexity index is 1330. The van der Waals surface area contributed by atoms with Gasteiger partial charge in [-0.1, -0.05) is 18.6 Å². The van der Waals surface area contributed by atoms with Crippen LogP contribution >= 0.6 is 0 Å². The average molecular weight is 496 g/mol. The van der Waals surface area contributed by atoms with Gasteiger partial charge in [0, 0.05) is 19.0 Å². The van der Waals surface area contributed by atoms with Gasteiger partial charge < -0.3 is 10.1 Å². The molecule has 7 nitrogen and oxygen atoms in total. The van der Waals surface area contributed by atoms with Gasteiger partial charge in [-0.3, -0.25) is 9.36 Å². The molecule has 1 unspecified atom stereocenters. The zero-order chi connectivity index (χ0) is 25.5. The van der Waals surface area contributed by atoms with Crippen molar-refractivity contribution in [1.82, 2.24) is 14.3 Å². The molecule has 0 radical (unpaired) electrons. The molecule has 186 valence electrons. The van der Waals surface area contributed by atoms with Crippen molar-refractivity contribution >= 4 is 11.6 Å². The summed E-state index contributed by atoms with van der Waals surface area (Å²) in [7, 11) is 1.47. The smallest absolute Gasteiger partial charge is 0.425 e. The fraction of sp³-hybridized carbons (Fsp3) is 0.348. The SMILES string of the molecule is CC(Oc1cc(-n2nc(C3CCC3)n(C)c2=O)c(F)cc1C(=O)Nc1ccccc1F)C(F)(F)F. The molecule has 1 aliphatic rings. The summed E-state index contributed by atoms with van der Waals surface area (Å²) in [6.07, 6.45) is -4.60. The number of para-hydroxylation sites is 1. The number of anilines is 1. The van der Waals surface area contributed by atoms with E-state index in [4.69, 9.17) is 4.74 Å². The van der Waals surface area contributed by atoms with Crippen LogP contribution in [0.5, 0.6) is 5.75 Å². The number of nitrogens with one attached hydrogen (secondary N) is 1. The second-order valence-corrected chi connectivity index (χ2v) is 8.27. The highest BCUT2D eigenvalue weighted by Gasteiger charge is 2.39. The lowest BCUT2D eigenvalue weighted by Crippen LogP contribution is -2.32. The Morgan fingerprint density at radius 3 is 2.46 bits per heavy atom. The molecule has 0 spiro atoms. The van der Waals surface area contributed by atoms with E-state index in [-0.39, 0.29) is 11.6 Å². The number of rotatable bonds is 6. The Hall–Kier alpha value is -3.70. The topological polar surface area (TPSA) is 78.2 Å². The Morgan fingerprint density at radius 1 is 1.17 bits per heavy atom. The van der Waals surface area contributed by atoms with Gasteiger partial charge in [0.1, 0.15) is 28.9 Å². The third-order valence-corrected chi connectivity index (χ3v) is 5.89. The molecule has 1 aromatic heterocycles. The number of nitrogens with zero attached hydrogens (tertiary/aromatic N) is 3. The van der Waals surface area contributed by atoms with Crippen molar-refractivity contribution in [2.75, 3.05) is 5.32 Å². The van der Waals surface area contributed by atoms with Crippen LogP contribution in [-0.4, -0.2) is 32.5 Å². The third kappa shape index (κ3) is 4.77. The minimum atomic E-state index is -4.80. The van der Waals surface area contributed by atoms with Crippen molar-refractivity contribution in [3.05, 3.63) is 69.9 Å². The summed E-state index contributed by atoms with van der Waals surface area (Å²) in [6, 6.07) is 6.54. The van der Waals surface area contributed by atoms with Crippen molar-refractivity contribution in [3.63, 3.8) is 0 Å². The van der Waals surface area contributed by atoms with E-state index < -0.39 is 52.5 Å². The van der Waals surface area contributed by atoms with Gasteiger partial charge in [-0.15, -0.1) is 5.10 Å². The fourth-order valence-corrected chi connectivity index (χ4v) is 3.62. The summed E-state index contributed by atoms with van der Waals surface area (Å²) in [6.45, 7) is 0.712. The average Bonchev–Trinajstić information content (AvgIpc) is 3.03. The molecule has 2 aromatic carbocycles. The van der Waals surface area contributed by atoms with Gasteiger partial charge in [0.05, 0.1) is 11.3 Å². The van der Waals surface area contributed by atoms with E-state index in [9.17, 15) is 27.2 Å². The van der Waals surface area contributed by atoms with Crippen LogP contribution in [0.3, 0.4) is 0 Å². The number of carbonyl (C=O) groups is 1. The minimum absolute atomic E-state index is 0.0174. The van der Waals surface area contributed by atoms with Crippen molar-refractivity contribution in [2.45, 2.75) is 44.4 Å². The zero-order valence-corrected chi connectivity index (χ0v) is 18.7. The number of hydrogen-bond acceptors (Lipinski definition) is 4. The van der Waals surface area contributed by atoms with E-state index in [1.54, 1.807) is 0 Å². The van der Waals surface area contributed by atoms with E-state index in [1.807, 2.05) is 0 Å². The predicted octanol–water partition coefficient (Wildman–Crippen LogP) is 4.70. The fourth-order valence-electron chi connectivity index (χ4n) is 3.62. The number of benzene rings is 2. The molecule has 1 heterocycles. The van der Waals surface area contributed by atoms with Gasteiger partial charge in [0.15, 0.2) is 6.10 Å². The molecule has 0 saturated heterocycles. The first-order valence-corrected chi connectivity index (χ1v) is 10.8. The molecule has 1 atom stereocenters. The second kappa shape index (κ2) is 9.16. The van der Waals surface area contributed by atoms with Gasteiger partial charge in [0.25, 0.3) is 5.91 Å². The van der Waals surface area contributed by atoms with Gasteiger partial charge >= 0.3 is 11.9 Å². The van der Waals surface area contributed by atoms with Crippen LogP contribution < -0.4 is 15.7 Å². The van der Waals surface area contributed by atoms with Crippen molar-refractivity contribution in [3.8, 4) is 11.4 Å². The van der Waals surface area contributed by atoms with Crippen molar-refractivity contribution in [2.24, 2.45) is 7.05 Å². The normalized spacial score (nSPS) is 14.9. The van der Waals surface area contributed by atoms with Gasteiger partial charge in [-0.05, 0) is 38.0 Å². The van der Waals surface area contributed by atoms with E-state index in [0.29, 0.717) is 18.8 Å². The summed E-state index contributed by atoms with van der Waals surface area (Å²) in [5.74, 6) is -3.21. The van der Waals surface area contributed by atoms with Crippen molar-refractivity contribution in [1.29, 1.82) is 0 Å². The predicted molar refractivity (Wildman–Crippen MR) is 116 cm³/mol. The van der Waals surface area contributed by atoms with Crippen LogP contribution in [0.1, 0.15) is 48.3 Å². The lowest BCUT2D eigenvalue weighted by molar-refractivity contribution is -0.189. The summed E-state index contributed by atoms with van der Waals surface area (Å²) in [5, 5.41) is 6.37. The lowest BCUT2D eigenvalue weighted by Gasteiger charge is -2.23. The largest absolute Gasteiger partial charge is 0.480 e. The minimum Gasteiger partial charge on any atom is -0.480 e. The van der Waals surface area contributed by atoms with Crippen LogP contribution in [0.15, 0.2) is 41.2 Å². The molecule has 12 heteroatoms. The first kappa shape index (κ1) is 24.4. The molecular formula is C23H21F5N4O3. The second-order valence-electron chi connectivity index (χ2n) is 8.27. The number of carbonyl (C=O) groups excluding carboxylic acids is 1. The highest BCUT2D eigenvalue weighted by atomic mass is 19.4. The van der Waals surface area contributed by atoms with Gasteiger partial charge in [-0.2, -0.15) is 17.9 Å². The summed E-state index contributed by atoms with van der Waals surface area (Å²) >= 11 is 0. The standard InChI is InChI=1S/C23H21F5N4O3/c1-12(23(26,27)28)35-19-11-18(32-22(34)31(2)20(30-32)13-6-5-7-13)16(25)10-14(19)21(33)29-17-9-4-3-8-15(17)24/h3-4,8-13H,5-7H2,1-2H3,(H,29,33). The van der Waals surface area contributed by atoms with Crippen LogP contribution in [-0.2, 0) is 7.05 Å². The zero-order valence-electron chi connectivity index (χ0n) is 18.7. The number of halogens is 5. The first-order valence-electron chi connectivity index (χ1n) is 10.8. The van der Waals surface area contributed by atoms with Crippen molar-refractivity contribution < 1.29 is 31.5 Å². The maximum absolute atomic E-state index is 15.1. The van der Waals surface area contributed by atoms with Crippen LogP contribution in [0.2, 0.25) is 0 Å². The van der Waals surface area contributed by atoms with Crippen LogP contribution in [0.4, 0.5) is 27.6 Å². The Labute approximate surface area is 196 Å². The lowest BCUT2D eigenvalue weighted by atomic mass is 9.85. The van der Waals surface area contributed by atoms with Crippen LogP contribution in [0.25, 0.3) is 5.69 Å². The number of aromatic nitrogens is 3. The molecule has 1 aliphatic carbocycles. The number of ether oxygens (including phenoxy) is 1. The van der Waals surface area contributed by atoms with E-state index >= 15 is 4.39 Å². The maximum Gasteiger partial charge on any atom is 0.425 e. The molecule has 1 fully saturated rings. The molecule has 0 bridgehead atoms. The summed E-state index contributed by atoms with van der Waals surface area (Å²) in [5.41, 5.74) is -2.07. The number of amides is 1. The molecule has 0 aliphatic heterocycles. The Kier molecular flexibility index (Phi) is 6.39. The number of alkyl halides is 3. The number of hydrogen-bond donors (Lipinski definition) is 1. The molecule has 1 saturated carbocycles. The van der Waals surface area contributed by atoms with E-state index in [1.165, 1.54) is 29.8 Å². The Balaban J connectivity index is 1.79. The molecule has 4 rings (SSSR count). The third-order valence-electron chi connectivity index (χ3n) is 5.89. The van der Waals surface area contributed by atoms with Gasteiger partial charge in [-0.25, -0.2) is 13.6 Å². The molecule has 1 amide bonds. The molecule has 3 aromatic rings. The van der Waals surface area contributed by atoms with Gasteiger partial charge in [0.2, 0.25) is 0 Å². The summed E-state index contributed by atoms with van der Waals surface area (Å²) in [4.78, 5) is 25.5. The Morgan fingerprint density at radius 2 is 1.86 bits per heavy atom. The molecule has 1 N–H and O–H groups in total. The molecule has 35 heavy (non-hydrogen) atoms. The quantitative estimate of drug-likeness (QED) is 0.502. The van der Waals surface area contributed by atoms with Crippen LogP contribution in [0, 0.1) is 11.6 Å². The maximum atomic E-state index is 15.1. The van der Waals surface area contributed by atoms with E-state index in [0.717, 1.165) is 36.1 Å². The first-order chi connectivity index (χ1) is 16.5. The highest BCUT2D eigenvalue weighted by molar-refractivity contribution is 6.06. The highest BCUT2D eigenvalue weighted by Crippen LogP contribution is 2.35. The summed E-state index contributed by atoms with van der Waals surface area (Å²) < 4.78 is 75.7. The monoisotopic (exact) mass is 496 g/mol. The van der Waals surface area contributed by atoms with E-state index in [2.05, 4.69) is 10.4 Å².